The lowest BCUT2D eigenvalue weighted by molar-refractivity contribution is -0.127. The second kappa shape index (κ2) is 6.06. The van der Waals surface area contributed by atoms with Gasteiger partial charge in [-0.3, -0.25) is 4.79 Å². The summed E-state index contributed by atoms with van der Waals surface area (Å²) < 4.78 is 0. The van der Waals surface area contributed by atoms with E-state index >= 15 is 0 Å². The van der Waals surface area contributed by atoms with Gasteiger partial charge >= 0.3 is 0 Å². The molecule has 4 nitrogen and oxygen atoms in total. The minimum Gasteiger partial charge on any atom is -0.508 e. The first kappa shape index (κ1) is 13.3. The van der Waals surface area contributed by atoms with Gasteiger partial charge < -0.3 is 15.1 Å². The first-order valence-corrected chi connectivity index (χ1v) is 5.39. The van der Waals surface area contributed by atoms with Crippen molar-refractivity contribution in [3.8, 4) is 5.75 Å². The number of carbonyl (C=O) groups is 1. The molecule has 0 radical (unpaired) electrons. The molecule has 1 unspecified atom stereocenters. The van der Waals surface area contributed by atoms with Crippen LogP contribution in [0, 0.1) is 0 Å². The monoisotopic (exact) mass is 235 g/mol. The van der Waals surface area contributed by atoms with Crippen molar-refractivity contribution in [1.82, 2.24) is 4.90 Å². The molecule has 0 saturated carbocycles. The van der Waals surface area contributed by atoms with Crippen LogP contribution >= 0.6 is 0 Å². The lowest BCUT2D eigenvalue weighted by Crippen LogP contribution is -2.36. The molecule has 1 rings (SSSR count). The number of aliphatic hydroxyl groups excluding tert-OH is 1. The molecule has 1 atom stereocenters. The van der Waals surface area contributed by atoms with Crippen molar-refractivity contribution in [2.45, 2.75) is 13.0 Å². The Morgan fingerprint density at radius 2 is 2.00 bits per heavy atom. The van der Waals surface area contributed by atoms with E-state index in [1.165, 1.54) is 11.0 Å². The third-order valence-electron chi connectivity index (χ3n) is 2.58. The largest absolute Gasteiger partial charge is 0.508 e. The molecule has 0 spiro atoms. The van der Waals surface area contributed by atoms with Gasteiger partial charge in [-0.25, -0.2) is 0 Å². The third kappa shape index (κ3) is 3.92. The summed E-state index contributed by atoms with van der Waals surface area (Å²) in [5.41, 5.74) is 0.834. The zero-order chi connectivity index (χ0) is 12.8. The number of aliphatic hydroxyl groups is 1. The summed E-state index contributed by atoms with van der Waals surface area (Å²) in [4.78, 5) is 13.1. The fourth-order valence-electron chi connectivity index (χ4n) is 1.21. The first-order valence-electron chi connectivity index (χ1n) is 5.39. The number of likely N-dealkylation sites (N-methyl/N-ethyl adjacent to an activating group) is 1. The summed E-state index contributed by atoms with van der Waals surface area (Å²) in [5.74, 6) is 0.0270. The summed E-state index contributed by atoms with van der Waals surface area (Å²) in [6, 6.07) is 6.35. The van der Waals surface area contributed by atoms with Crippen molar-refractivity contribution in [3.63, 3.8) is 0 Å². The van der Waals surface area contributed by atoms with Crippen LogP contribution in [0.1, 0.15) is 12.5 Å². The van der Waals surface area contributed by atoms with E-state index in [0.717, 1.165) is 5.56 Å². The molecule has 0 bridgehead atoms. The number of aromatic hydroxyl groups is 1. The van der Waals surface area contributed by atoms with Crippen LogP contribution in [0.15, 0.2) is 30.3 Å². The summed E-state index contributed by atoms with van der Waals surface area (Å²) in [6.45, 7) is 1.71. The molecule has 0 aliphatic heterocycles. The maximum Gasteiger partial charge on any atom is 0.246 e. The highest BCUT2D eigenvalue weighted by atomic mass is 16.3. The lowest BCUT2D eigenvalue weighted by Gasteiger charge is -2.21. The molecule has 2 N–H and O–H groups in total. The number of nitrogens with zero attached hydrogens (tertiary/aromatic N) is 1. The smallest absolute Gasteiger partial charge is 0.246 e. The Kier molecular flexibility index (Phi) is 4.72. The van der Waals surface area contributed by atoms with Crippen LogP contribution in [0.4, 0.5) is 0 Å². The first-order chi connectivity index (χ1) is 8.04. The fourth-order valence-corrected chi connectivity index (χ4v) is 1.21. The molecule has 92 valence electrons. The van der Waals surface area contributed by atoms with E-state index in [1.54, 1.807) is 44.3 Å². The van der Waals surface area contributed by atoms with E-state index in [2.05, 4.69) is 0 Å². The number of phenolic OH excluding ortho intramolecular Hbond substituents is 1. The number of carbonyl (C=O) groups excluding carboxylic acids is 1. The molecule has 0 saturated heterocycles. The van der Waals surface area contributed by atoms with Crippen molar-refractivity contribution in [1.29, 1.82) is 0 Å². The standard InChI is InChI=1S/C13H17NO3/c1-10(9-15)14(2)13(17)8-5-11-3-6-12(16)7-4-11/h3-8,10,15-16H,9H2,1-2H3/b8-5+. The van der Waals surface area contributed by atoms with E-state index in [0.29, 0.717) is 0 Å². The Morgan fingerprint density at radius 3 is 2.53 bits per heavy atom. The summed E-state index contributed by atoms with van der Waals surface area (Å²) in [5, 5.41) is 18.0. The maximum absolute atomic E-state index is 11.7. The highest BCUT2D eigenvalue weighted by Crippen LogP contribution is 2.11. The third-order valence-corrected chi connectivity index (χ3v) is 2.58. The van der Waals surface area contributed by atoms with Crippen LogP contribution in [-0.4, -0.2) is 40.7 Å². The number of rotatable bonds is 4. The number of amides is 1. The van der Waals surface area contributed by atoms with Crippen molar-refractivity contribution in [2.24, 2.45) is 0 Å². The van der Waals surface area contributed by atoms with Gasteiger partial charge in [-0.15, -0.1) is 0 Å². The molecule has 1 aromatic carbocycles. The van der Waals surface area contributed by atoms with Crippen molar-refractivity contribution >= 4 is 12.0 Å². The van der Waals surface area contributed by atoms with E-state index in [-0.39, 0.29) is 24.3 Å². The Balaban J connectivity index is 2.65. The van der Waals surface area contributed by atoms with Crippen LogP contribution in [0.25, 0.3) is 6.08 Å². The SMILES string of the molecule is CC(CO)N(C)C(=O)/C=C/c1ccc(O)cc1. The van der Waals surface area contributed by atoms with Crippen LogP contribution in [0.3, 0.4) is 0 Å². The van der Waals surface area contributed by atoms with Gasteiger partial charge in [0.15, 0.2) is 0 Å². The van der Waals surface area contributed by atoms with Crippen LogP contribution in [0.5, 0.6) is 5.75 Å². The van der Waals surface area contributed by atoms with Gasteiger partial charge in [-0.1, -0.05) is 12.1 Å². The molecule has 1 aromatic rings. The maximum atomic E-state index is 11.7. The Morgan fingerprint density at radius 1 is 1.41 bits per heavy atom. The quantitative estimate of drug-likeness (QED) is 0.772. The average molecular weight is 235 g/mol. The average Bonchev–Trinajstić information content (AvgIpc) is 2.35. The lowest BCUT2D eigenvalue weighted by atomic mass is 10.2. The molecule has 0 aliphatic carbocycles. The Labute approximate surface area is 101 Å². The highest BCUT2D eigenvalue weighted by molar-refractivity contribution is 5.91. The van der Waals surface area contributed by atoms with E-state index in [1.807, 2.05) is 0 Å². The fraction of sp³-hybridized carbons (Fsp3) is 0.308. The van der Waals surface area contributed by atoms with Gasteiger partial charge in [0.2, 0.25) is 5.91 Å². The van der Waals surface area contributed by atoms with Gasteiger partial charge in [0, 0.05) is 13.1 Å². The second-order valence-corrected chi connectivity index (χ2v) is 3.91. The minimum atomic E-state index is -0.202. The summed E-state index contributed by atoms with van der Waals surface area (Å²) in [7, 11) is 1.64. The molecule has 0 heterocycles. The second-order valence-electron chi connectivity index (χ2n) is 3.91. The van der Waals surface area contributed by atoms with Crippen molar-refractivity contribution < 1.29 is 15.0 Å². The zero-order valence-electron chi connectivity index (χ0n) is 10.00. The molecular formula is C13H17NO3. The predicted octanol–water partition coefficient (Wildman–Crippen LogP) is 1.24. The van der Waals surface area contributed by atoms with Crippen molar-refractivity contribution in [2.75, 3.05) is 13.7 Å². The van der Waals surface area contributed by atoms with Crippen LogP contribution < -0.4 is 0 Å². The molecule has 1 amide bonds. The van der Waals surface area contributed by atoms with Gasteiger partial charge in [-0.2, -0.15) is 0 Å². The molecule has 0 aliphatic rings. The zero-order valence-corrected chi connectivity index (χ0v) is 10.00. The topological polar surface area (TPSA) is 60.8 Å². The Hall–Kier alpha value is -1.81. The van der Waals surface area contributed by atoms with E-state index < -0.39 is 0 Å². The number of hydrogen-bond acceptors (Lipinski definition) is 3. The highest BCUT2D eigenvalue weighted by Gasteiger charge is 2.11. The van der Waals surface area contributed by atoms with Gasteiger partial charge in [0.25, 0.3) is 0 Å². The van der Waals surface area contributed by atoms with E-state index in [4.69, 9.17) is 10.2 Å². The van der Waals surface area contributed by atoms with Gasteiger partial charge in [0.05, 0.1) is 12.6 Å². The van der Waals surface area contributed by atoms with Crippen molar-refractivity contribution in [3.05, 3.63) is 35.9 Å². The Bertz CT molecular complexity index is 398. The number of hydrogen-bond donors (Lipinski definition) is 2. The van der Waals surface area contributed by atoms with Gasteiger partial charge in [0.1, 0.15) is 5.75 Å². The molecule has 17 heavy (non-hydrogen) atoms. The number of phenols is 1. The van der Waals surface area contributed by atoms with Gasteiger partial charge in [-0.05, 0) is 30.7 Å². The molecule has 0 aromatic heterocycles. The molecule has 4 heteroatoms. The molecular weight excluding hydrogens is 218 g/mol. The molecule has 0 fully saturated rings. The summed E-state index contributed by atoms with van der Waals surface area (Å²) in [6.07, 6.45) is 3.11. The van der Waals surface area contributed by atoms with Crippen LogP contribution in [0.2, 0.25) is 0 Å². The predicted molar refractivity (Wildman–Crippen MR) is 66.5 cm³/mol. The minimum absolute atomic E-state index is 0.0602. The number of benzene rings is 1. The van der Waals surface area contributed by atoms with E-state index in [9.17, 15) is 4.79 Å². The normalized spacial score (nSPS) is 12.6. The summed E-state index contributed by atoms with van der Waals surface area (Å²) >= 11 is 0. The van der Waals surface area contributed by atoms with Crippen LogP contribution in [-0.2, 0) is 4.79 Å².